The van der Waals surface area contributed by atoms with Crippen LogP contribution in [0.3, 0.4) is 0 Å². The molecule has 1 amide bonds. The van der Waals surface area contributed by atoms with Gasteiger partial charge in [0.2, 0.25) is 0 Å². The van der Waals surface area contributed by atoms with Gasteiger partial charge in [0.15, 0.2) is 0 Å². The molecule has 0 aliphatic rings. The van der Waals surface area contributed by atoms with Gasteiger partial charge in [-0.25, -0.2) is 0 Å². The van der Waals surface area contributed by atoms with Gasteiger partial charge in [-0.05, 0) is 48.9 Å². The first-order chi connectivity index (χ1) is 15.2. The van der Waals surface area contributed by atoms with Gasteiger partial charge in [-0.15, -0.1) is 11.3 Å². The van der Waals surface area contributed by atoms with Crippen LogP contribution in [0.4, 0.5) is 0 Å². The number of nitrogens with one attached hydrogen (secondary N) is 1. The second-order valence-corrected chi connectivity index (χ2v) is 8.81. The van der Waals surface area contributed by atoms with E-state index >= 15 is 0 Å². The topological polar surface area (TPSA) is 53.9 Å². The number of H-pyrrole nitrogens is 1. The Labute approximate surface area is 187 Å². The standard InChI is InChI=1S/C25H28N4OS/c1-28(25(30)24-14-8-16-29(24)19-22-13-9-17-31-22)15-7-3-6-12-21-18-23(27-26-21)20-10-4-2-5-11-20/h2,4-5,8-11,13-14,16-18H,3,6-7,12,15,19H2,1H3,(H,26,27). The molecule has 0 fully saturated rings. The zero-order chi connectivity index (χ0) is 21.5. The van der Waals surface area contributed by atoms with Crippen molar-refractivity contribution in [2.45, 2.75) is 32.2 Å². The Bertz CT molecular complexity index is 1080. The number of hydrogen-bond donors (Lipinski definition) is 1. The Morgan fingerprint density at radius 3 is 2.74 bits per heavy atom. The summed E-state index contributed by atoms with van der Waals surface area (Å²) in [4.78, 5) is 16.0. The van der Waals surface area contributed by atoms with Crippen LogP contribution in [-0.4, -0.2) is 39.2 Å². The Kier molecular flexibility index (Phi) is 6.99. The van der Waals surface area contributed by atoms with Crippen molar-refractivity contribution in [1.82, 2.24) is 19.7 Å². The van der Waals surface area contributed by atoms with Crippen LogP contribution in [-0.2, 0) is 13.0 Å². The Morgan fingerprint density at radius 2 is 1.94 bits per heavy atom. The van der Waals surface area contributed by atoms with Crippen LogP contribution in [0.15, 0.2) is 72.2 Å². The number of aryl methyl sites for hydroxylation is 1. The minimum atomic E-state index is 0.0858. The van der Waals surface area contributed by atoms with E-state index in [-0.39, 0.29) is 5.91 Å². The van der Waals surface area contributed by atoms with E-state index in [0.717, 1.165) is 61.4 Å². The quantitative estimate of drug-likeness (QED) is 0.338. The number of unbranched alkanes of at least 4 members (excludes halogenated alkanes) is 2. The highest BCUT2D eigenvalue weighted by molar-refractivity contribution is 7.09. The molecule has 0 spiro atoms. The van der Waals surface area contributed by atoms with Crippen LogP contribution in [0.25, 0.3) is 11.3 Å². The van der Waals surface area contributed by atoms with Gasteiger partial charge in [-0.3, -0.25) is 9.89 Å². The molecule has 6 heteroatoms. The van der Waals surface area contributed by atoms with E-state index in [2.05, 4.69) is 39.8 Å². The lowest BCUT2D eigenvalue weighted by Gasteiger charge is -2.18. The third-order valence-electron chi connectivity index (χ3n) is 5.44. The molecule has 1 N–H and O–H groups in total. The third kappa shape index (κ3) is 5.52. The summed E-state index contributed by atoms with van der Waals surface area (Å²) in [6.07, 6.45) is 6.10. The van der Waals surface area contributed by atoms with E-state index in [0.29, 0.717) is 0 Å². The van der Waals surface area contributed by atoms with Crippen LogP contribution in [0.2, 0.25) is 0 Å². The highest BCUT2D eigenvalue weighted by atomic mass is 32.1. The second kappa shape index (κ2) is 10.3. The van der Waals surface area contributed by atoms with Crippen LogP contribution in [0.5, 0.6) is 0 Å². The van der Waals surface area contributed by atoms with Crippen molar-refractivity contribution in [3.05, 3.63) is 88.5 Å². The van der Waals surface area contributed by atoms with E-state index in [9.17, 15) is 4.79 Å². The molecule has 0 saturated carbocycles. The number of carbonyl (C=O) groups excluding carboxylic acids is 1. The lowest BCUT2D eigenvalue weighted by molar-refractivity contribution is 0.0782. The fraction of sp³-hybridized carbons (Fsp3) is 0.280. The highest BCUT2D eigenvalue weighted by Crippen LogP contribution is 2.18. The van der Waals surface area contributed by atoms with Gasteiger partial charge in [0.05, 0.1) is 12.2 Å². The summed E-state index contributed by atoms with van der Waals surface area (Å²) in [5.74, 6) is 0.0858. The zero-order valence-electron chi connectivity index (χ0n) is 17.8. The van der Waals surface area contributed by atoms with E-state index < -0.39 is 0 Å². The lowest BCUT2D eigenvalue weighted by atomic mass is 10.1. The Balaban J connectivity index is 1.20. The zero-order valence-corrected chi connectivity index (χ0v) is 18.6. The smallest absolute Gasteiger partial charge is 0.270 e. The molecule has 4 rings (SSSR count). The predicted octanol–water partition coefficient (Wildman–Crippen LogP) is 5.47. The molecule has 31 heavy (non-hydrogen) atoms. The molecular formula is C25H28N4OS. The SMILES string of the molecule is CN(CCCCCc1cc(-c2ccccc2)n[nH]1)C(=O)c1cccn1Cc1cccs1. The Morgan fingerprint density at radius 1 is 1.06 bits per heavy atom. The first-order valence-electron chi connectivity index (χ1n) is 10.7. The van der Waals surface area contributed by atoms with Gasteiger partial charge >= 0.3 is 0 Å². The number of benzene rings is 1. The van der Waals surface area contributed by atoms with Crippen molar-refractivity contribution in [1.29, 1.82) is 0 Å². The van der Waals surface area contributed by atoms with Gasteiger partial charge in [0.1, 0.15) is 5.69 Å². The molecule has 0 radical (unpaired) electrons. The number of carbonyl (C=O) groups is 1. The van der Waals surface area contributed by atoms with Gasteiger partial charge in [-0.1, -0.05) is 42.8 Å². The molecule has 4 aromatic rings. The molecule has 5 nitrogen and oxygen atoms in total. The third-order valence-corrected chi connectivity index (χ3v) is 6.30. The number of aromatic nitrogens is 3. The number of hydrogen-bond acceptors (Lipinski definition) is 3. The Hall–Kier alpha value is -3.12. The van der Waals surface area contributed by atoms with E-state index in [1.54, 1.807) is 11.3 Å². The average Bonchev–Trinajstić information content (AvgIpc) is 3.56. The fourth-order valence-corrected chi connectivity index (χ4v) is 4.40. The van der Waals surface area contributed by atoms with Gasteiger partial charge in [0, 0.05) is 35.9 Å². The van der Waals surface area contributed by atoms with Crippen molar-refractivity contribution in [2.75, 3.05) is 13.6 Å². The molecule has 0 aliphatic heterocycles. The molecule has 0 aliphatic carbocycles. The number of rotatable bonds is 10. The number of thiophene rings is 1. The number of amides is 1. The molecule has 0 bridgehead atoms. The normalized spacial score (nSPS) is 11.0. The second-order valence-electron chi connectivity index (χ2n) is 7.78. The van der Waals surface area contributed by atoms with Crippen molar-refractivity contribution >= 4 is 17.2 Å². The monoisotopic (exact) mass is 432 g/mol. The maximum atomic E-state index is 12.9. The number of aromatic amines is 1. The van der Waals surface area contributed by atoms with E-state index in [4.69, 9.17) is 0 Å². The molecule has 1 aromatic carbocycles. The lowest BCUT2D eigenvalue weighted by Crippen LogP contribution is -2.29. The summed E-state index contributed by atoms with van der Waals surface area (Å²) in [5, 5.41) is 9.64. The summed E-state index contributed by atoms with van der Waals surface area (Å²) in [7, 11) is 1.89. The summed E-state index contributed by atoms with van der Waals surface area (Å²) in [6, 6.07) is 20.4. The van der Waals surface area contributed by atoms with E-state index in [1.165, 1.54) is 4.88 Å². The molecule has 3 aromatic heterocycles. The molecule has 0 saturated heterocycles. The molecule has 160 valence electrons. The summed E-state index contributed by atoms with van der Waals surface area (Å²) >= 11 is 1.71. The number of nitrogens with zero attached hydrogens (tertiary/aromatic N) is 3. The summed E-state index contributed by atoms with van der Waals surface area (Å²) in [5.41, 5.74) is 4.04. The minimum Gasteiger partial charge on any atom is -0.340 e. The van der Waals surface area contributed by atoms with Crippen molar-refractivity contribution in [3.8, 4) is 11.3 Å². The first kappa shape index (κ1) is 21.1. The van der Waals surface area contributed by atoms with Crippen molar-refractivity contribution in [3.63, 3.8) is 0 Å². The van der Waals surface area contributed by atoms with Gasteiger partial charge in [0.25, 0.3) is 5.91 Å². The molecule has 3 heterocycles. The van der Waals surface area contributed by atoms with Gasteiger partial charge < -0.3 is 9.47 Å². The average molecular weight is 433 g/mol. The minimum absolute atomic E-state index is 0.0858. The summed E-state index contributed by atoms with van der Waals surface area (Å²) < 4.78 is 2.03. The maximum absolute atomic E-state index is 12.9. The van der Waals surface area contributed by atoms with Crippen LogP contribution in [0.1, 0.15) is 40.3 Å². The van der Waals surface area contributed by atoms with Crippen LogP contribution < -0.4 is 0 Å². The predicted molar refractivity (Wildman–Crippen MR) is 126 cm³/mol. The van der Waals surface area contributed by atoms with Crippen molar-refractivity contribution in [2.24, 2.45) is 0 Å². The largest absolute Gasteiger partial charge is 0.340 e. The highest BCUT2D eigenvalue weighted by Gasteiger charge is 2.15. The summed E-state index contributed by atoms with van der Waals surface area (Å²) in [6.45, 7) is 1.51. The van der Waals surface area contributed by atoms with Crippen LogP contribution in [0, 0.1) is 0 Å². The van der Waals surface area contributed by atoms with Gasteiger partial charge in [-0.2, -0.15) is 5.10 Å². The van der Waals surface area contributed by atoms with Crippen molar-refractivity contribution < 1.29 is 4.79 Å². The van der Waals surface area contributed by atoms with E-state index in [1.807, 2.05) is 59.1 Å². The molecule has 0 atom stereocenters. The molecule has 0 unspecified atom stereocenters. The maximum Gasteiger partial charge on any atom is 0.270 e. The fourth-order valence-electron chi connectivity index (χ4n) is 3.70. The first-order valence-corrected chi connectivity index (χ1v) is 11.6. The van der Waals surface area contributed by atoms with Crippen LogP contribution >= 0.6 is 11.3 Å². The molecular weight excluding hydrogens is 404 g/mol.